The van der Waals surface area contributed by atoms with Crippen molar-refractivity contribution in [1.29, 1.82) is 0 Å². The van der Waals surface area contributed by atoms with Crippen LogP contribution in [-0.4, -0.2) is 89.2 Å². The first kappa shape index (κ1) is 27.3. The van der Waals surface area contributed by atoms with Crippen molar-refractivity contribution in [2.24, 2.45) is 5.10 Å². The van der Waals surface area contributed by atoms with Gasteiger partial charge in [0.25, 0.3) is 5.91 Å². The Morgan fingerprint density at radius 2 is 1.67 bits per heavy atom. The van der Waals surface area contributed by atoms with Crippen LogP contribution in [0.5, 0.6) is 0 Å². The fraction of sp³-hybridized carbons (Fsp3) is 0.304. The second-order valence-corrected chi connectivity index (χ2v) is 8.56. The Bertz CT molecular complexity index is 1120. The van der Waals surface area contributed by atoms with Crippen LogP contribution in [0.15, 0.2) is 70.9 Å². The zero-order valence-corrected chi connectivity index (χ0v) is 19.9. The van der Waals surface area contributed by atoms with Crippen molar-refractivity contribution in [3.63, 3.8) is 0 Å². The lowest BCUT2D eigenvalue weighted by molar-refractivity contribution is -0.118. The van der Waals surface area contributed by atoms with Gasteiger partial charge in [-0.1, -0.05) is 48.2 Å². The highest BCUT2D eigenvalue weighted by Gasteiger charge is 2.29. The normalized spacial score (nSPS) is 14.8. The summed E-state index contributed by atoms with van der Waals surface area (Å²) in [6.07, 6.45) is -6.12. The number of rotatable bonds is 13. The number of thioether (sulfide) groups is 1. The molecule has 0 aliphatic heterocycles. The maximum Gasteiger partial charge on any atom is 0.250 e. The molecule has 7 N–H and O–H groups in total. The molecule has 192 valence electrons. The van der Waals surface area contributed by atoms with Crippen molar-refractivity contribution in [1.82, 2.24) is 20.2 Å². The zero-order valence-electron chi connectivity index (χ0n) is 19.1. The third kappa shape index (κ3) is 7.58. The topological polar surface area (TPSA) is 185 Å². The molecule has 3 aromatic rings. The van der Waals surface area contributed by atoms with Gasteiger partial charge in [0.1, 0.15) is 24.4 Å². The van der Waals surface area contributed by atoms with Crippen molar-refractivity contribution in [3.8, 4) is 5.69 Å². The Hall–Kier alpha value is -3.33. The molecule has 0 bridgehead atoms. The van der Waals surface area contributed by atoms with E-state index in [0.717, 1.165) is 29.4 Å². The molecule has 1 heterocycles. The number of amides is 1. The third-order valence-electron chi connectivity index (χ3n) is 4.97. The van der Waals surface area contributed by atoms with Gasteiger partial charge in [0.05, 0.1) is 25.1 Å². The van der Waals surface area contributed by atoms with E-state index in [9.17, 15) is 25.2 Å². The van der Waals surface area contributed by atoms with E-state index in [-0.39, 0.29) is 5.75 Å². The summed E-state index contributed by atoms with van der Waals surface area (Å²) in [7, 11) is 0. The van der Waals surface area contributed by atoms with Gasteiger partial charge in [-0.25, -0.2) is 5.43 Å². The molecular weight excluding hydrogens is 488 g/mol. The molecule has 0 radical (unpaired) electrons. The van der Waals surface area contributed by atoms with Gasteiger partial charge >= 0.3 is 0 Å². The van der Waals surface area contributed by atoms with Crippen molar-refractivity contribution >= 4 is 29.6 Å². The minimum absolute atomic E-state index is 0.0705. The Morgan fingerprint density at radius 3 is 2.33 bits per heavy atom. The first-order valence-corrected chi connectivity index (χ1v) is 12.0. The molecule has 0 aliphatic carbocycles. The first-order valence-electron chi connectivity index (χ1n) is 11.0. The third-order valence-corrected chi connectivity index (χ3v) is 5.90. The number of aliphatic hydroxyl groups excluding tert-OH is 5. The Balaban J connectivity index is 1.60. The summed E-state index contributed by atoms with van der Waals surface area (Å²) in [6, 6.07) is 19.1. The van der Waals surface area contributed by atoms with Crippen LogP contribution in [0.3, 0.4) is 0 Å². The summed E-state index contributed by atoms with van der Waals surface area (Å²) in [5, 5.41) is 63.2. The smallest absolute Gasteiger partial charge is 0.250 e. The molecule has 4 atom stereocenters. The summed E-state index contributed by atoms with van der Waals surface area (Å²) in [4.78, 5) is 12.2. The lowest BCUT2D eigenvalue weighted by Crippen LogP contribution is -2.46. The monoisotopic (exact) mass is 516 g/mol. The second-order valence-electron chi connectivity index (χ2n) is 7.61. The SMILES string of the molecule is O=C(CSc1nnc(CNc2ccccc2)n1-c1ccccc1)NN=CC(O)C(O)C(O)C(O)CO. The van der Waals surface area contributed by atoms with E-state index in [0.29, 0.717) is 17.5 Å². The summed E-state index contributed by atoms with van der Waals surface area (Å²) < 4.78 is 1.84. The molecule has 12 nitrogen and oxygen atoms in total. The van der Waals surface area contributed by atoms with Crippen LogP contribution in [0.1, 0.15) is 5.82 Å². The van der Waals surface area contributed by atoms with E-state index in [4.69, 9.17) is 5.11 Å². The minimum Gasteiger partial charge on any atom is -0.394 e. The number of aliphatic hydroxyl groups is 5. The molecular formula is C23H28N6O6S. The van der Waals surface area contributed by atoms with Gasteiger partial charge < -0.3 is 30.8 Å². The quantitative estimate of drug-likeness (QED) is 0.0888. The number of aromatic nitrogens is 3. The van der Waals surface area contributed by atoms with Crippen molar-refractivity contribution < 1.29 is 30.3 Å². The molecule has 0 saturated heterocycles. The van der Waals surface area contributed by atoms with E-state index < -0.39 is 36.9 Å². The summed E-state index contributed by atoms with van der Waals surface area (Å²) in [5.74, 6) is 0.0611. The number of hydrogen-bond acceptors (Lipinski definition) is 11. The van der Waals surface area contributed by atoms with Gasteiger partial charge in [0.15, 0.2) is 11.0 Å². The van der Waals surface area contributed by atoms with Crippen molar-refractivity contribution in [2.75, 3.05) is 17.7 Å². The number of para-hydroxylation sites is 2. The van der Waals surface area contributed by atoms with E-state index in [1.807, 2.05) is 65.2 Å². The van der Waals surface area contributed by atoms with Crippen LogP contribution in [0, 0.1) is 0 Å². The highest BCUT2D eigenvalue weighted by Crippen LogP contribution is 2.22. The van der Waals surface area contributed by atoms with Gasteiger partial charge in [-0.2, -0.15) is 5.10 Å². The predicted molar refractivity (Wildman–Crippen MR) is 134 cm³/mol. The zero-order chi connectivity index (χ0) is 25.9. The number of benzene rings is 2. The minimum atomic E-state index is -1.81. The number of hydrogen-bond donors (Lipinski definition) is 7. The van der Waals surface area contributed by atoms with Crippen LogP contribution in [0.25, 0.3) is 5.69 Å². The Morgan fingerprint density at radius 1 is 1.00 bits per heavy atom. The van der Waals surface area contributed by atoms with E-state index in [2.05, 4.69) is 26.0 Å². The molecule has 0 spiro atoms. The number of nitrogens with zero attached hydrogens (tertiary/aromatic N) is 4. The van der Waals surface area contributed by atoms with Crippen LogP contribution in [-0.2, 0) is 11.3 Å². The predicted octanol–water partition coefficient (Wildman–Crippen LogP) is -0.491. The average Bonchev–Trinajstić information content (AvgIpc) is 3.33. The lowest BCUT2D eigenvalue weighted by Gasteiger charge is -2.23. The van der Waals surface area contributed by atoms with Crippen LogP contribution in [0.2, 0.25) is 0 Å². The summed E-state index contributed by atoms with van der Waals surface area (Å²) >= 11 is 1.13. The van der Waals surface area contributed by atoms with Gasteiger partial charge in [0.2, 0.25) is 0 Å². The maximum absolute atomic E-state index is 12.2. The number of carbonyl (C=O) groups excluding carboxylic acids is 1. The number of carbonyl (C=O) groups is 1. The highest BCUT2D eigenvalue weighted by atomic mass is 32.2. The standard InChI is InChI=1S/C23H28N6O6S/c30-13-18(32)22(35)21(34)17(31)11-25-27-20(33)14-36-23-28-26-19(12-24-15-7-3-1-4-8-15)29(23)16-9-5-2-6-10-16/h1-11,17-18,21-22,24,30-32,34-35H,12-14H2,(H,27,33). The first-order chi connectivity index (χ1) is 17.4. The molecule has 0 saturated carbocycles. The summed E-state index contributed by atoms with van der Waals surface area (Å²) in [5.41, 5.74) is 3.96. The number of hydrazone groups is 1. The van der Waals surface area contributed by atoms with E-state index in [1.54, 1.807) is 0 Å². The fourth-order valence-electron chi connectivity index (χ4n) is 3.06. The van der Waals surface area contributed by atoms with Crippen LogP contribution in [0.4, 0.5) is 5.69 Å². The largest absolute Gasteiger partial charge is 0.394 e. The van der Waals surface area contributed by atoms with Crippen molar-refractivity contribution in [2.45, 2.75) is 36.1 Å². The van der Waals surface area contributed by atoms with Gasteiger partial charge in [0, 0.05) is 11.4 Å². The van der Waals surface area contributed by atoms with Gasteiger partial charge in [-0.3, -0.25) is 9.36 Å². The van der Waals surface area contributed by atoms with Crippen molar-refractivity contribution in [3.05, 3.63) is 66.5 Å². The van der Waals surface area contributed by atoms with Crippen LogP contribution < -0.4 is 10.7 Å². The molecule has 4 unspecified atom stereocenters. The molecule has 1 amide bonds. The lowest BCUT2D eigenvalue weighted by atomic mass is 10.0. The Labute approximate surface area is 211 Å². The molecule has 13 heteroatoms. The fourth-order valence-corrected chi connectivity index (χ4v) is 3.82. The highest BCUT2D eigenvalue weighted by molar-refractivity contribution is 7.99. The summed E-state index contributed by atoms with van der Waals surface area (Å²) in [6.45, 7) is -0.395. The van der Waals surface area contributed by atoms with Gasteiger partial charge in [-0.05, 0) is 24.3 Å². The molecule has 2 aromatic carbocycles. The molecule has 3 rings (SSSR count). The second kappa shape index (κ2) is 13.7. The van der Waals surface area contributed by atoms with Crippen LogP contribution >= 0.6 is 11.8 Å². The molecule has 1 aromatic heterocycles. The number of nitrogens with one attached hydrogen (secondary N) is 2. The van der Waals surface area contributed by atoms with E-state index in [1.165, 1.54) is 0 Å². The van der Waals surface area contributed by atoms with E-state index >= 15 is 0 Å². The Kier molecular flexibility index (Phi) is 10.4. The molecule has 0 fully saturated rings. The maximum atomic E-state index is 12.2. The van der Waals surface area contributed by atoms with Gasteiger partial charge in [-0.15, -0.1) is 10.2 Å². The number of anilines is 1. The molecule has 0 aliphatic rings. The molecule has 36 heavy (non-hydrogen) atoms. The average molecular weight is 517 g/mol.